The van der Waals surface area contributed by atoms with Crippen LogP contribution >= 0.6 is 15.9 Å². The van der Waals surface area contributed by atoms with E-state index < -0.39 is 9.84 Å². The van der Waals surface area contributed by atoms with Gasteiger partial charge in [0.2, 0.25) is 0 Å². The molecule has 0 aliphatic rings. The van der Waals surface area contributed by atoms with Gasteiger partial charge in [0.25, 0.3) is 0 Å². The summed E-state index contributed by atoms with van der Waals surface area (Å²) in [7, 11) is -2.92. The Balaban J connectivity index is 2.69. The minimum Gasteiger partial charge on any atom is -0.493 e. The first-order chi connectivity index (χ1) is 9.33. The molecular weight excluding hydrogens is 342 g/mol. The van der Waals surface area contributed by atoms with Crippen molar-refractivity contribution in [3.8, 4) is 5.75 Å². The van der Waals surface area contributed by atoms with Crippen LogP contribution in [0.3, 0.4) is 0 Å². The molecule has 0 radical (unpaired) electrons. The topological polar surface area (TPSA) is 55.4 Å². The molecular formula is C14H22BrNO3S. The molecule has 0 bridgehead atoms. The van der Waals surface area contributed by atoms with Gasteiger partial charge in [0, 0.05) is 22.3 Å². The normalized spacial score (nSPS) is 13.2. The lowest BCUT2D eigenvalue weighted by Crippen LogP contribution is -2.19. The van der Waals surface area contributed by atoms with Gasteiger partial charge >= 0.3 is 0 Å². The van der Waals surface area contributed by atoms with E-state index in [0.717, 1.165) is 22.3 Å². The molecule has 0 heterocycles. The van der Waals surface area contributed by atoms with Crippen LogP contribution in [0.2, 0.25) is 0 Å². The number of rotatable bonds is 8. The van der Waals surface area contributed by atoms with E-state index in [4.69, 9.17) is 4.74 Å². The van der Waals surface area contributed by atoms with Crippen molar-refractivity contribution in [2.45, 2.75) is 26.3 Å². The van der Waals surface area contributed by atoms with Crippen LogP contribution in [0.1, 0.15) is 31.9 Å². The lowest BCUT2D eigenvalue weighted by atomic mass is 10.1. The quantitative estimate of drug-likeness (QED) is 0.721. The molecule has 0 saturated heterocycles. The van der Waals surface area contributed by atoms with Crippen molar-refractivity contribution in [3.63, 3.8) is 0 Å². The minimum atomic E-state index is -2.92. The van der Waals surface area contributed by atoms with Crippen LogP contribution in [0, 0.1) is 0 Å². The molecule has 0 amide bonds. The fourth-order valence-electron chi connectivity index (χ4n) is 1.91. The van der Waals surface area contributed by atoms with Crippen LogP contribution in [0.25, 0.3) is 0 Å². The first-order valence-electron chi connectivity index (χ1n) is 6.67. The molecule has 1 atom stereocenters. The molecule has 0 spiro atoms. The Morgan fingerprint density at radius 3 is 2.70 bits per heavy atom. The summed E-state index contributed by atoms with van der Waals surface area (Å²) in [5.74, 6) is 0.945. The lowest BCUT2D eigenvalue weighted by Gasteiger charge is -2.18. The third-order valence-corrected chi connectivity index (χ3v) is 4.39. The minimum absolute atomic E-state index is 0.152. The summed E-state index contributed by atoms with van der Waals surface area (Å²) in [6, 6.07) is 6.11. The van der Waals surface area contributed by atoms with Gasteiger partial charge in [-0.3, -0.25) is 0 Å². The predicted octanol–water partition coefficient (Wildman–Crippen LogP) is 2.93. The third-order valence-electron chi connectivity index (χ3n) is 2.87. The van der Waals surface area contributed by atoms with E-state index in [1.54, 1.807) is 0 Å². The summed E-state index contributed by atoms with van der Waals surface area (Å²) in [4.78, 5) is 0. The van der Waals surface area contributed by atoms with Crippen molar-refractivity contribution >= 4 is 25.8 Å². The van der Waals surface area contributed by atoms with Gasteiger partial charge in [-0.2, -0.15) is 0 Å². The molecule has 1 aromatic rings. The van der Waals surface area contributed by atoms with Gasteiger partial charge in [-0.1, -0.05) is 28.9 Å². The molecule has 0 aliphatic carbocycles. The Labute approximate surface area is 130 Å². The molecule has 6 heteroatoms. The zero-order chi connectivity index (χ0) is 15.2. The second-order valence-corrected chi connectivity index (χ2v) is 7.97. The van der Waals surface area contributed by atoms with Crippen molar-refractivity contribution in [1.29, 1.82) is 0 Å². The summed E-state index contributed by atoms with van der Waals surface area (Å²) >= 11 is 3.43. The van der Waals surface area contributed by atoms with Gasteiger partial charge in [-0.25, -0.2) is 8.42 Å². The van der Waals surface area contributed by atoms with Gasteiger partial charge in [0.15, 0.2) is 0 Å². The van der Waals surface area contributed by atoms with E-state index in [0.29, 0.717) is 13.0 Å². The molecule has 1 rings (SSSR count). The van der Waals surface area contributed by atoms with Crippen molar-refractivity contribution in [3.05, 3.63) is 28.2 Å². The maximum Gasteiger partial charge on any atom is 0.147 e. The van der Waals surface area contributed by atoms with Crippen molar-refractivity contribution in [1.82, 2.24) is 5.32 Å². The van der Waals surface area contributed by atoms with Crippen molar-refractivity contribution < 1.29 is 13.2 Å². The summed E-state index contributed by atoms with van der Waals surface area (Å²) in [6.07, 6.45) is 1.74. The lowest BCUT2D eigenvalue weighted by molar-refractivity contribution is 0.311. The highest BCUT2D eigenvalue weighted by molar-refractivity contribution is 9.10. The van der Waals surface area contributed by atoms with E-state index in [-0.39, 0.29) is 11.8 Å². The van der Waals surface area contributed by atoms with E-state index >= 15 is 0 Å². The van der Waals surface area contributed by atoms with E-state index in [9.17, 15) is 8.42 Å². The van der Waals surface area contributed by atoms with Crippen LogP contribution < -0.4 is 10.1 Å². The van der Waals surface area contributed by atoms with Gasteiger partial charge in [-0.05, 0) is 32.0 Å². The SMILES string of the molecule is CCNC(C)c1ccc(Br)cc1OCCCS(C)(=O)=O. The largest absolute Gasteiger partial charge is 0.493 e. The van der Waals surface area contributed by atoms with Crippen LogP contribution in [-0.4, -0.2) is 33.6 Å². The fourth-order valence-corrected chi connectivity index (χ4v) is 2.89. The van der Waals surface area contributed by atoms with E-state index in [1.807, 2.05) is 18.2 Å². The summed E-state index contributed by atoms with van der Waals surface area (Å²) in [5, 5.41) is 3.35. The Morgan fingerprint density at radius 1 is 1.40 bits per heavy atom. The molecule has 0 aromatic heterocycles. The fraction of sp³-hybridized carbons (Fsp3) is 0.571. The number of benzene rings is 1. The molecule has 4 nitrogen and oxygen atoms in total. The monoisotopic (exact) mass is 363 g/mol. The number of ether oxygens (including phenoxy) is 1. The van der Waals surface area contributed by atoms with Gasteiger partial charge in [0.05, 0.1) is 12.4 Å². The molecule has 1 N–H and O–H groups in total. The Bertz CT molecular complexity index is 531. The smallest absolute Gasteiger partial charge is 0.147 e. The summed E-state index contributed by atoms with van der Waals surface area (Å²) in [5.41, 5.74) is 1.08. The Hall–Kier alpha value is -0.590. The van der Waals surface area contributed by atoms with Crippen molar-refractivity contribution in [2.24, 2.45) is 0 Å². The average molecular weight is 364 g/mol. The molecule has 1 aromatic carbocycles. The van der Waals surface area contributed by atoms with Crippen LogP contribution in [0.4, 0.5) is 0 Å². The molecule has 0 aliphatic heterocycles. The zero-order valence-electron chi connectivity index (χ0n) is 12.1. The third kappa shape index (κ3) is 6.24. The van der Waals surface area contributed by atoms with E-state index in [2.05, 4.69) is 35.1 Å². The number of halogens is 1. The highest BCUT2D eigenvalue weighted by Crippen LogP contribution is 2.28. The summed E-state index contributed by atoms with van der Waals surface area (Å²) in [6.45, 7) is 5.41. The first kappa shape index (κ1) is 17.5. The highest BCUT2D eigenvalue weighted by Gasteiger charge is 2.11. The Kier molecular flexibility index (Phi) is 6.99. The van der Waals surface area contributed by atoms with Gasteiger partial charge in [-0.15, -0.1) is 0 Å². The van der Waals surface area contributed by atoms with Gasteiger partial charge < -0.3 is 10.1 Å². The number of hydrogen-bond acceptors (Lipinski definition) is 4. The molecule has 0 saturated carbocycles. The van der Waals surface area contributed by atoms with Crippen LogP contribution in [-0.2, 0) is 9.84 Å². The number of hydrogen-bond donors (Lipinski definition) is 1. The van der Waals surface area contributed by atoms with E-state index in [1.165, 1.54) is 6.26 Å². The van der Waals surface area contributed by atoms with Crippen LogP contribution in [0.15, 0.2) is 22.7 Å². The molecule has 114 valence electrons. The van der Waals surface area contributed by atoms with Crippen LogP contribution in [0.5, 0.6) is 5.75 Å². The number of nitrogens with one attached hydrogen (secondary N) is 1. The second kappa shape index (κ2) is 8.00. The Morgan fingerprint density at radius 2 is 2.10 bits per heavy atom. The zero-order valence-corrected chi connectivity index (χ0v) is 14.6. The maximum absolute atomic E-state index is 11.1. The second-order valence-electron chi connectivity index (χ2n) is 4.79. The predicted molar refractivity (Wildman–Crippen MR) is 86.1 cm³/mol. The number of sulfone groups is 1. The summed E-state index contributed by atoms with van der Waals surface area (Å²) < 4.78 is 28.9. The molecule has 20 heavy (non-hydrogen) atoms. The van der Waals surface area contributed by atoms with Crippen molar-refractivity contribution in [2.75, 3.05) is 25.2 Å². The highest BCUT2D eigenvalue weighted by atomic mass is 79.9. The van der Waals surface area contributed by atoms with Gasteiger partial charge in [0.1, 0.15) is 15.6 Å². The molecule has 0 fully saturated rings. The average Bonchev–Trinajstić information content (AvgIpc) is 2.34. The maximum atomic E-state index is 11.1. The molecule has 1 unspecified atom stereocenters. The standard InChI is InChI=1S/C14H22BrNO3S/c1-4-16-11(2)13-7-6-12(15)10-14(13)19-8-5-9-20(3,17)18/h6-7,10-11,16H,4-5,8-9H2,1-3H3. The first-order valence-corrected chi connectivity index (χ1v) is 9.52.